The molecule has 0 aliphatic heterocycles. The lowest BCUT2D eigenvalue weighted by atomic mass is 10.2. The highest BCUT2D eigenvalue weighted by atomic mass is 35.5. The number of anilines is 1. The maximum atomic E-state index is 2.34. The summed E-state index contributed by atoms with van der Waals surface area (Å²) in [6, 6.07) is 42.2. The second kappa shape index (κ2) is 9.94. The summed E-state index contributed by atoms with van der Waals surface area (Å²) >= 11 is 0. The molecule has 0 atom stereocenters. The minimum atomic E-state index is -1.84. The number of nitrogens with zero attached hydrogens (tertiary/aromatic N) is 1. The van der Waals surface area contributed by atoms with Crippen LogP contribution in [-0.2, 0) is 6.16 Å². The molecule has 0 saturated carbocycles. The van der Waals surface area contributed by atoms with E-state index in [1.165, 1.54) is 27.2 Å². The summed E-state index contributed by atoms with van der Waals surface area (Å²) in [7, 11) is 2.34. The third kappa shape index (κ3) is 4.43. The Hall–Kier alpha value is -2.60. The molecule has 30 heavy (non-hydrogen) atoms. The van der Waals surface area contributed by atoms with Gasteiger partial charge in [0, 0.05) is 19.8 Å². The summed E-state index contributed by atoms with van der Waals surface area (Å²) in [5.74, 6) is 0. The molecule has 0 heterocycles. The van der Waals surface area contributed by atoms with Gasteiger partial charge in [0.2, 0.25) is 0 Å². The van der Waals surface area contributed by atoms with Crippen molar-refractivity contribution in [2.75, 3.05) is 19.0 Å². The average molecular weight is 432 g/mol. The van der Waals surface area contributed by atoms with E-state index in [-0.39, 0.29) is 12.4 Å². The van der Waals surface area contributed by atoms with Gasteiger partial charge in [-0.25, -0.2) is 0 Å². The van der Waals surface area contributed by atoms with Gasteiger partial charge in [0.25, 0.3) is 0 Å². The molecule has 0 spiro atoms. The zero-order valence-electron chi connectivity index (χ0n) is 17.4. The first-order valence-corrected chi connectivity index (χ1v) is 12.0. The van der Waals surface area contributed by atoms with E-state index in [1.54, 1.807) is 0 Å². The molecular formula is C27H27ClNP. The summed E-state index contributed by atoms with van der Waals surface area (Å²) in [5.41, 5.74) is 2.61. The van der Waals surface area contributed by atoms with E-state index >= 15 is 0 Å². The zero-order valence-corrected chi connectivity index (χ0v) is 19.1. The standard InChI is InChI=1S/C27H27NP.ClH/c1-28(2)24-18-20-27(21-19-24)29(25-14-8-4-9-15-25,26-16-10-5-11-17-26)22-23-12-6-3-7-13-23;/h3-21H,22H2,1-2H3;1H/q+1;/p-1. The van der Waals surface area contributed by atoms with Crippen LogP contribution in [0.4, 0.5) is 5.69 Å². The summed E-state index contributed by atoms with van der Waals surface area (Å²) in [6.07, 6.45) is 1.02. The number of benzene rings is 4. The van der Waals surface area contributed by atoms with Gasteiger partial charge in [-0.3, -0.25) is 0 Å². The van der Waals surface area contributed by atoms with Crippen LogP contribution in [0.3, 0.4) is 0 Å². The molecule has 0 N–H and O–H groups in total. The lowest BCUT2D eigenvalue weighted by Gasteiger charge is -2.28. The minimum absolute atomic E-state index is 0. The lowest BCUT2D eigenvalue weighted by molar-refractivity contribution is -0.00000573. The number of rotatable bonds is 6. The molecule has 0 aromatic heterocycles. The van der Waals surface area contributed by atoms with Crippen LogP contribution >= 0.6 is 7.26 Å². The van der Waals surface area contributed by atoms with Gasteiger partial charge in [0.05, 0.1) is 6.16 Å². The van der Waals surface area contributed by atoms with E-state index in [1.807, 2.05) is 0 Å². The number of halogens is 1. The minimum Gasteiger partial charge on any atom is -1.00 e. The van der Waals surface area contributed by atoms with Crippen LogP contribution in [0.2, 0.25) is 0 Å². The molecule has 4 aromatic carbocycles. The molecule has 4 aromatic rings. The van der Waals surface area contributed by atoms with Crippen LogP contribution in [0.15, 0.2) is 115 Å². The highest BCUT2D eigenvalue weighted by Gasteiger charge is 2.45. The molecule has 0 bridgehead atoms. The maximum Gasteiger partial charge on any atom is 0.116 e. The van der Waals surface area contributed by atoms with Gasteiger partial charge in [-0.2, -0.15) is 0 Å². The van der Waals surface area contributed by atoms with Crippen LogP contribution in [0.5, 0.6) is 0 Å². The molecule has 1 nitrogen and oxygen atoms in total. The Bertz CT molecular complexity index is 993. The van der Waals surface area contributed by atoms with Crippen molar-refractivity contribution in [3.8, 4) is 0 Å². The van der Waals surface area contributed by atoms with E-state index in [4.69, 9.17) is 0 Å². The third-order valence-corrected chi connectivity index (χ3v) is 9.84. The van der Waals surface area contributed by atoms with Crippen molar-refractivity contribution in [1.29, 1.82) is 0 Å². The van der Waals surface area contributed by atoms with E-state index in [2.05, 4.69) is 134 Å². The van der Waals surface area contributed by atoms with Crippen LogP contribution in [0.1, 0.15) is 5.56 Å². The first-order valence-electron chi connectivity index (χ1n) is 10.0. The van der Waals surface area contributed by atoms with Crippen LogP contribution in [0, 0.1) is 0 Å². The SMILES string of the molecule is CN(C)c1ccc([P+](Cc2ccccc2)(c2ccccc2)c2ccccc2)cc1.[Cl-]. The average Bonchev–Trinajstić information content (AvgIpc) is 2.79. The Morgan fingerprint density at radius 2 is 0.933 bits per heavy atom. The van der Waals surface area contributed by atoms with Gasteiger partial charge >= 0.3 is 0 Å². The van der Waals surface area contributed by atoms with Crippen molar-refractivity contribution in [3.63, 3.8) is 0 Å². The summed E-state index contributed by atoms with van der Waals surface area (Å²) in [4.78, 5) is 2.16. The fourth-order valence-corrected chi connectivity index (χ4v) is 8.17. The van der Waals surface area contributed by atoms with E-state index in [9.17, 15) is 0 Å². The fourth-order valence-electron chi connectivity index (χ4n) is 3.95. The van der Waals surface area contributed by atoms with Crippen molar-refractivity contribution < 1.29 is 12.4 Å². The fraction of sp³-hybridized carbons (Fsp3) is 0.111. The van der Waals surface area contributed by atoms with Crippen molar-refractivity contribution >= 4 is 28.9 Å². The van der Waals surface area contributed by atoms with Crippen molar-refractivity contribution in [2.45, 2.75) is 6.16 Å². The Kier molecular flexibility index (Phi) is 7.32. The van der Waals surface area contributed by atoms with E-state index in [0.717, 1.165) is 6.16 Å². The van der Waals surface area contributed by atoms with E-state index < -0.39 is 7.26 Å². The molecule has 0 radical (unpaired) electrons. The van der Waals surface area contributed by atoms with Gasteiger partial charge in [0.15, 0.2) is 0 Å². The van der Waals surface area contributed by atoms with E-state index in [0.29, 0.717) is 0 Å². The van der Waals surface area contributed by atoms with Crippen molar-refractivity contribution in [1.82, 2.24) is 0 Å². The highest BCUT2D eigenvalue weighted by Crippen LogP contribution is 2.58. The van der Waals surface area contributed by atoms with Crippen LogP contribution in [0.25, 0.3) is 0 Å². The van der Waals surface area contributed by atoms with Crippen LogP contribution < -0.4 is 33.2 Å². The topological polar surface area (TPSA) is 3.24 Å². The predicted octanol–water partition coefficient (Wildman–Crippen LogP) is 2.25. The van der Waals surface area contributed by atoms with Crippen molar-refractivity contribution in [2.24, 2.45) is 0 Å². The largest absolute Gasteiger partial charge is 1.00 e. The predicted molar refractivity (Wildman–Crippen MR) is 130 cm³/mol. The van der Waals surface area contributed by atoms with Crippen LogP contribution in [-0.4, -0.2) is 14.1 Å². The summed E-state index contributed by atoms with van der Waals surface area (Å²) in [6.45, 7) is 0. The Labute approximate surface area is 187 Å². The second-order valence-electron chi connectivity index (χ2n) is 7.54. The zero-order chi connectivity index (χ0) is 20.1. The molecule has 3 heteroatoms. The van der Waals surface area contributed by atoms with Gasteiger partial charge in [-0.15, -0.1) is 0 Å². The highest BCUT2D eigenvalue weighted by molar-refractivity contribution is 7.95. The summed E-state index contributed by atoms with van der Waals surface area (Å²) in [5, 5.41) is 4.27. The molecule has 0 aliphatic carbocycles. The number of hydrogen-bond acceptors (Lipinski definition) is 1. The lowest BCUT2D eigenvalue weighted by Crippen LogP contribution is -3.00. The molecular weight excluding hydrogens is 405 g/mol. The quantitative estimate of drug-likeness (QED) is 0.423. The Morgan fingerprint density at radius 1 is 0.533 bits per heavy atom. The third-order valence-electron chi connectivity index (χ3n) is 5.46. The maximum absolute atomic E-state index is 2.34. The first kappa shape index (κ1) is 22.1. The molecule has 0 saturated heterocycles. The molecule has 152 valence electrons. The molecule has 0 amide bonds. The Morgan fingerprint density at radius 3 is 1.37 bits per heavy atom. The summed E-state index contributed by atoms with van der Waals surface area (Å²) < 4.78 is 0. The smallest absolute Gasteiger partial charge is 0.116 e. The van der Waals surface area contributed by atoms with Gasteiger partial charge in [0.1, 0.15) is 23.2 Å². The molecule has 0 fully saturated rings. The molecule has 4 rings (SSSR count). The number of hydrogen-bond donors (Lipinski definition) is 0. The van der Waals surface area contributed by atoms with Gasteiger partial charge < -0.3 is 17.3 Å². The van der Waals surface area contributed by atoms with Crippen molar-refractivity contribution in [3.05, 3.63) is 121 Å². The molecule has 0 aliphatic rings. The first-order chi connectivity index (χ1) is 14.2. The Balaban J connectivity index is 0.00000256. The molecule has 0 unspecified atom stereocenters. The van der Waals surface area contributed by atoms with Gasteiger partial charge in [-0.05, 0) is 54.1 Å². The normalized spacial score (nSPS) is 10.9. The monoisotopic (exact) mass is 431 g/mol. The second-order valence-corrected chi connectivity index (χ2v) is 11.0. The van der Waals surface area contributed by atoms with Gasteiger partial charge in [-0.1, -0.05) is 66.7 Å².